The van der Waals surface area contributed by atoms with Crippen LogP contribution < -0.4 is 15.6 Å². The SMILES string of the molecule is Cn1nc(NS(C)(=O)=O)c2c(Cl)ccc(-n3c([C@H](Cc4cc(F)cc(F)c4)NC(=O)Cn4nc(C(F)F)c5c4C(F)(F)[C@@H]4C[C@H]54)nc4cc(O)ccc4c3=O)c21. The average molecular weight is 821 g/mol. The highest BCUT2D eigenvalue weighted by atomic mass is 35.5. The summed E-state index contributed by atoms with van der Waals surface area (Å²) >= 11 is 6.54. The van der Waals surface area contributed by atoms with Crippen molar-refractivity contribution in [3.63, 3.8) is 0 Å². The van der Waals surface area contributed by atoms with Crippen LogP contribution in [0.5, 0.6) is 5.75 Å². The van der Waals surface area contributed by atoms with Gasteiger partial charge < -0.3 is 10.4 Å². The number of fused-ring (bicyclic) bond motifs is 5. The van der Waals surface area contributed by atoms with Crippen LogP contribution in [0, 0.1) is 17.6 Å². The summed E-state index contributed by atoms with van der Waals surface area (Å²) in [5, 5.41) is 20.8. The minimum atomic E-state index is -3.90. The number of anilines is 1. The molecule has 0 saturated heterocycles. The number of nitrogens with zero attached hydrogens (tertiary/aromatic N) is 6. The standard InChI is InChI=1S/C35H27ClF6N8O5S/c1-48-29-24(6-5-21(36)27(29)32(46-48)47-56(2,54)55)50-33(44-22-11-17(51)3-4-18(22)34(50)53)23(9-14-7-15(37)10-16(38)8-14)43-25(52)13-49-30-26(28(45-49)31(39)40)19-12-20(19)35(30,41)42/h3-8,10-11,19-20,23,31,51H,9,12-13H2,1-2H3,(H,43,52)(H,46,47)/t19-,20+,23-/m0/s1. The number of alkyl halides is 4. The van der Waals surface area contributed by atoms with Crippen LogP contribution >= 0.6 is 11.6 Å². The van der Waals surface area contributed by atoms with Crippen LogP contribution in [0.15, 0.2) is 53.3 Å². The van der Waals surface area contributed by atoms with Crippen molar-refractivity contribution < 1.29 is 44.7 Å². The Labute approximate surface area is 316 Å². The lowest BCUT2D eigenvalue weighted by Crippen LogP contribution is -2.38. The molecule has 21 heteroatoms. The van der Waals surface area contributed by atoms with Crippen molar-refractivity contribution in [2.75, 3.05) is 11.0 Å². The number of phenols is 1. The average Bonchev–Trinajstić information content (AvgIpc) is 3.63. The van der Waals surface area contributed by atoms with E-state index in [1.54, 1.807) is 0 Å². The first kappa shape index (κ1) is 37.3. The van der Waals surface area contributed by atoms with Gasteiger partial charge in [-0.3, -0.25) is 28.2 Å². The maximum absolute atomic E-state index is 15.4. The lowest BCUT2D eigenvalue weighted by molar-refractivity contribution is -0.123. The van der Waals surface area contributed by atoms with Gasteiger partial charge in [0.2, 0.25) is 15.9 Å². The first-order valence-electron chi connectivity index (χ1n) is 16.7. The number of aromatic hydroxyl groups is 1. The maximum atomic E-state index is 15.4. The lowest BCUT2D eigenvalue weighted by atomic mass is 10.0. The van der Waals surface area contributed by atoms with Crippen molar-refractivity contribution in [2.45, 2.75) is 43.7 Å². The third-order valence-corrected chi connectivity index (χ3v) is 10.7. The fraction of sp³-hybridized carbons (Fsp3) is 0.286. The molecule has 8 rings (SSSR count). The number of carbonyl (C=O) groups excluding carboxylic acids is 1. The molecule has 3 N–H and O–H groups in total. The number of amides is 1. The van der Waals surface area contributed by atoms with E-state index in [0.29, 0.717) is 10.7 Å². The van der Waals surface area contributed by atoms with E-state index in [0.717, 1.165) is 29.0 Å². The summed E-state index contributed by atoms with van der Waals surface area (Å²) in [6.45, 7) is -0.996. The van der Waals surface area contributed by atoms with Crippen LogP contribution in [0.3, 0.4) is 0 Å². The van der Waals surface area contributed by atoms with Crippen molar-refractivity contribution in [3.05, 3.63) is 104 Å². The van der Waals surface area contributed by atoms with Gasteiger partial charge in [0, 0.05) is 37.1 Å². The number of rotatable bonds is 10. The van der Waals surface area contributed by atoms with Gasteiger partial charge in [0.25, 0.3) is 17.9 Å². The second kappa shape index (κ2) is 13.0. The zero-order valence-corrected chi connectivity index (χ0v) is 30.4. The summed E-state index contributed by atoms with van der Waals surface area (Å²) in [5.41, 5.74) is -2.85. The van der Waals surface area contributed by atoms with E-state index in [4.69, 9.17) is 11.6 Å². The minimum Gasteiger partial charge on any atom is -0.508 e. The van der Waals surface area contributed by atoms with Gasteiger partial charge in [-0.05, 0) is 54.3 Å². The number of aromatic nitrogens is 6. The molecule has 3 aromatic carbocycles. The molecule has 56 heavy (non-hydrogen) atoms. The summed E-state index contributed by atoms with van der Waals surface area (Å²) in [4.78, 5) is 33.1. The summed E-state index contributed by atoms with van der Waals surface area (Å²) in [6, 6.07) is 7.31. The van der Waals surface area contributed by atoms with E-state index >= 15 is 8.78 Å². The van der Waals surface area contributed by atoms with E-state index in [9.17, 15) is 40.7 Å². The predicted octanol–water partition coefficient (Wildman–Crippen LogP) is 5.72. The number of nitrogens with one attached hydrogen (secondary N) is 2. The van der Waals surface area contributed by atoms with Crippen LogP contribution in [0.25, 0.3) is 27.5 Å². The lowest BCUT2D eigenvalue weighted by Gasteiger charge is -2.24. The number of aryl methyl sites for hydroxylation is 1. The topological polar surface area (TPSA) is 166 Å². The second-order valence-corrected chi connectivity index (χ2v) is 15.9. The molecule has 292 valence electrons. The highest BCUT2D eigenvalue weighted by Crippen LogP contribution is 2.68. The molecule has 6 aromatic rings. The first-order valence-corrected chi connectivity index (χ1v) is 19.0. The molecule has 1 saturated carbocycles. The van der Waals surface area contributed by atoms with Gasteiger partial charge in [0.05, 0.1) is 44.8 Å². The summed E-state index contributed by atoms with van der Waals surface area (Å²) < 4.78 is 117. The molecule has 3 atom stereocenters. The fourth-order valence-corrected chi connectivity index (χ4v) is 8.30. The van der Waals surface area contributed by atoms with Gasteiger partial charge in [0.15, 0.2) is 5.82 Å². The molecule has 3 heterocycles. The summed E-state index contributed by atoms with van der Waals surface area (Å²) in [6.07, 6.45) is -2.82. The highest BCUT2D eigenvalue weighted by Gasteiger charge is 2.67. The Morgan fingerprint density at radius 1 is 1.09 bits per heavy atom. The van der Waals surface area contributed by atoms with Crippen molar-refractivity contribution in [3.8, 4) is 11.4 Å². The highest BCUT2D eigenvalue weighted by molar-refractivity contribution is 7.92. The van der Waals surface area contributed by atoms with Gasteiger partial charge >= 0.3 is 0 Å². The monoisotopic (exact) mass is 820 g/mol. The van der Waals surface area contributed by atoms with Crippen LogP contribution in [-0.4, -0.2) is 54.8 Å². The molecule has 1 fully saturated rings. The molecule has 2 aliphatic carbocycles. The van der Waals surface area contributed by atoms with E-state index in [-0.39, 0.29) is 67.5 Å². The predicted molar refractivity (Wildman–Crippen MR) is 190 cm³/mol. The Kier molecular flexibility index (Phi) is 8.64. The van der Waals surface area contributed by atoms with E-state index in [1.165, 1.54) is 36.0 Å². The van der Waals surface area contributed by atoms with E-state index < -0.39 is 87.7 Å². The van der Waals surface area contributed by atoms with Crippen molar-refractivity contribution in [1.82, 2.24) is 34.4 Å². The van der Waals surface area contributed by atoms with Gasteiger partial charge in [-0.2, -0.15) is 19.0 Å². The second-order valence-electron chi connectivity index (χ2n) is 13.7. The largest absolute Gasteiger partial charge is 0.508 e. The van der Waals surface area contributed by atoms with E-state index in [2.05, 4.69) is 25.2 Å². The van der Waals surface area contributed by atoms with Gasteiger partial charge in [-0.15, -0.1) is 0 Å². The Bertz CT molecular complexity index is 2810. The molecule has 0 unspecified atom stereocenters. The van der Waals surface area contributed by atoms with Gasteiger partial charge in [-0.1, -0.05) is 11.6 Å². The minimum absolute atomic E-state index is 0.00889. The zero-order chi connectivity index (χ0) is 40.2. The summed E-state index contributed by atoms with van der Waals surface area (Å²) in [7, 11) is -2.47. The van der Waals surface area contributed by atoms with Crippen LogP contribution in [-0.2, 0) is 40.8 Å². The molecule has 1 amide bonds. The molecule has 0 spiro atoms. The number of sulfonamides is 1. The number of carbonyl (C=O) groups is 1. The van der Waals surface area contributed by atoms with Crippen molar-refractivity contribution in [2.24, 2.45) is 13.0 Å². The van der Waals surface area contributed by atoms with Gasteiger partial charge in [-0.25, -0.2) is 31.0 Å². The Morgan fingerprint density at radius 2 is 1.80 bits per heavy atom. The molecule has 0 bridgehead atoms. The Balaban J connectivity index is 1.32. The smallest absolute Gasteiger partial charge is 0.293 e. The summed E-state index contributed by atoms with van der Waals surface area (Å²) in [5.74, 6) is -9.48. The number of hydrogen-bond acceptors (Lipinski definition) is 8. The molecule has 13 nitrogen and oxygen atoms in total. The van der Waals surface area contributed by atoms with Crippen LogP contribution in [0.4, 0.5) is 32.2 Å². The normalized spacial score (nSPS) is 17.7. The zero-order valence-electron chi connectivity index (χ0n) is 28.9. The Morgan fingerprint density at radius 3 is 2.48 bits per heavy atom. The molecule has 0 radical (unpaired) electrons. The molecular formula is C35H27ClF6N8O5S. The molecular weight excluding hydrogens is 794 g/mol. The third-order valence-electron chi connectivity index (χ3n) is 9.79. The number of benzene rings is 3. The van der Waals surface area contributed by atoms with Crippen LogP contribution in [0.1, 0.15) is 53.1 Å². The van der Waals surface area contributed by atoms with Crippen molar-refractivity contribution in [1.29, 1.82) is 0 Å². The quantitative estimate of drug-likeness (QED) is 0.148. The number of phenolic OH excluding ortho intramolecular Hbond substituents is 1. The fourth-order valence-electron chi connectivity index (χ4n) is 7.57. The number of hydrogen-bond donors (Lipinski definition) is 3. The third kappa shape index (κ3) is 6.29. The molecule has 2 aliphatic rings. The van der Waals surface area contributed by atoms with Crippen molar-refractivity contribution >= 4 is 55.2 Å². The molecule has 0 aliphatic heterocycles. The number of halogens is 7. The van der Waals surface area contributed by atoms with Gasteiger partial charge in [0.1, 0.15) is 41.1 Å². The van der Waals surface area contributed by atoms with E-state index in [1.807, 2.05) is 0 Å². The van der Waals surface area contributed by atoms with Crippen LogP contribution in [0.2, 0.25) is 5.02 Å². The molecule has 3 aromatic heterocycles. The maximum Gasteiger partial charge on any atom is 0.293 e. The first-order chi connectivity index (χ1) is 26.3. The Hall–Kier alpha value is -5.63.